The van der Waals surface area contributed by atoms with E-state index in [1.165, 1.54) is 11.4 Å². The molecule has 0 saturated heterocycles. The number of nitrogens with zero attached hydrogens (tertiary/aromatic N) is 1. The molecule has 0 aliphatic heterocycles. The highest BCUT2D eigenvalue weighted by Crippen LogP contribution is 2.26. The molecule has 0 amide bonds. The topological polar surface area (TPSA) is 25.2 Å². The van der Waals surface area contributed by atoms with Gasteiger partial charge in [-0.25, -0.2) is 0 Å². The molecular weight excluding hydrogens is 198 g/mol. The summed E-state index contributed by atoms with van der Waals surface area (Å²) >= 11 is 0. The largest absolute Gasteiger partial charge is 0.508 e. The molecular formula is C14H17NO. The maximum atomic E-state index is 9.65. The van der Waals surface area contributed by atoms with Gasteiger partial charge < -0.3 is 9.67 Å². The van der Waals surface area contributed by atoms with Crippen LogP contribution in [0.2, 0.25) is 0 Å². The van der Waals surface area contributed by atoms with Crippen LogP contribution in [0.3, 0.4) is 0 Å². The van der Waals surface area contributed by atoms with Crippen molar-refractivity contribution < 1.29 is 5.11 Å². The SMILES string of the molecule is Cc1cc(-n2c(C)ccc2C)c(C)cc1O. The first kappa shape index (κ1) is 10.8. The maximum Gasteiger partial charge on any atom is 0.118 e. The Labute approximate surface area is 96.2 Å². The van der Waals surface area contributed by atoms with Crippen LogP contribution in [0.4, 0.5) is 0 Å². The van der Waals surface area contributed by atoms with E-state index in [4.69, 9.17) is 0 Å². The molecule has 0 unspecified atom stereocenters. The van der Waals surface area contributed by atoms with Gasteiger partial charge in [-0.15, -0.1) is 0 Å². The van der Waals surface area contributed by atoms with Gasteiger partial charge in [0.2, 0.25) is 0 Å². The number of aromatic hydroxyl groups is 1. The standard InChI is InChI=1S/C14H17NO/c1-9-8-14(16)10(2)7-13(9)15-11(3)5-6-12(15)4/h5-8,16H,1-4H3. The molecule has 0 atom stereocenters. The summed E-state index contributed by atoms with van der Waals surface area (Å²) in [7, 11) is 0. The van der Waals surface area contributed by atoms with E-state index in [1.807, 2.05) is 26.0 Å². The number of rotatable bonds is 1. The van der Waals surface area contributed by atoms with Gasteiger partial charge in [-0.3, -0.25) is 0 Å². The molecule has 2 aromatic rings. The Morgan fingerprint density at radius 1 is 0.875 bits per heavy atom. The second-order valence-electron chi connectivity index (χ2n) is 4.38. The third-order valence-electron chi connectivity index (χ3n) is 3.03. The zero-order valence-corrected chi connectivity index (χ0v) is 10.2. The van der Waals surface area contributed by atoms with Crippen molar-refractivity contribution in [2.45, 2.75) is 27.7 Å². The number of aryl methyl sites for hydroxylation is 4. The number of hydrogen-bond acceptors (Lipinski definition) is 1. The van der Waals surface area contributed by atoms with Crippen molar-refractivity contribution in [1.29, 1.82) is 0 Å². The zero-order chi connectivity index (χ0) is 11.9. The minimum absolute atomic E-state index is 0.365. The number of benzene rings is 1. The molecule has 1 heterocycles. The lowest BCUT2D eigenvalue weighted by molar-refractivity contribution is 0.470. The quantitative estimate of drug-likeness (QED) is 0.774. The van der Waals surface area contributed by atoms with Gasteiger partial charge in [0.05, 0.1) is 0 Å². The van der Waals surface area contributed by atoms with E-state index in [9.17, 15) is 5.11 Å². The second-order valence-corrected chi connectivity index (χ2v) is 4.38. The first-order chi connectivity index (χ1) is 7.50. The van der Waals surface area contributed by atoms with Crippen molar-refractivity contribution in [1.82, 2.24) is 4.57 Å². The van der Waals surface area contributed by atoms with E-state index in [2.05, 4.69) is 30.5 Å². The van der Waals surface area contributed by atoms with Crippen LogP contribution in [0.1, 0.15) is 22.5 Å². The summed E-state index contributed by atoms with van der Waals surface area (Å²) < 4.78 is 2.21. The van der Waals surface area contributed by atoms with Crippen molar-refractivity contribution in [3.63, 3.8) is 0 Å². The van der Waals surface area contributed by atoms with Crippen LogP contribution in [0, 0.1) is 27.7 Å². The number of phenolic OH excluding ortho intramolecular Hbond substituents is 1. The summed E-state index contributed by atoms with van der Waals surface area (Å²) in [6.07, 6.45) is 0. The molecule has 1 aromatic carbocycles. The number of phenols is 1. The lowest BCUT2D eigenvalue weighted by Crippen LogP contribution is -2.01. The number of aromatic nitrogens is 1. The Morgan fingerprint density at radius 3 is 2.00 bits per heavy atom. The van der Waals surface area contributed by atoms with Crippen molar-refractivity contribution in [2.24, 2.45) is 0 Å². The van der Waals surface area contributed by atoms with Gasteiger partial charge in [-0.2, -0.15) is 0 Å². The van der Waals surface area contributed by atoms with Gasteiger partial charge in [0, 0.05) is 17.1 Å². The maximum absolute atomic E-state index is 9.65. The van der Waals surface area contributed by atoms with Gasteiger partial charge in [-0.05, 0) is 63.1 Å². The third-order valence-corrected chi connectivity index (χ3v) is 3.03. The van der Waals surface area contributed by atoms with E-state index < -0.39 is 0 Å². The van der Waals surface area contributed by atoms with E-state index in [0.717, 1.165) is 16.8 Å². The molecule has 2 nitrogen and oxygen atoms in total. The Bertz CT molecular complexity index is 518. The molecule has 0 spiro atoms. The van der Waals surface area contributed by atoms with Crippen LogP contribution in [-0.4, -0.2) is 9.67 Å². The molecule has 0 fully saturated rings. The zero-order valence-electron chi connectivity index (χ0n) is 10.2. The van der Waals surface area contributed by atoms with Gasteiger partial charge in [0.1, 0.15) is 5.75 Å². The highest BCUT2D eigenvalue weighted by atomic mass is 16.3. The molecule has 0 aliphatic carbocycles. The number of hydrogen-bond donors (Lipinski definition) is 1. The first-order valence-electron chi connectivity index (χ1n) is 5.46. The predicted octanol–water partition coefficient (Wildman–Crippen LogP) is 3.42. The van der Waals surface area contributed by atoms with Crippen LogP contribution in [0.15, 0.2) is 24.3 Å². The molecule has 0 saturated carbocycles. The average molecular weight is 215 g/mol. The molecule has 0 aliphatic rings. The second kappa shape index (κ2) is 3.71. The van der Waals surface area contributed by atoms with Crippen LogP contribution < -0.4 is 0 Å². The fraction of sp³-hybridized carbons (Fsp3) is 0.286. The highest BCUT2D eigenvalue weighted by molar-refractivity contribution is 5.51. The van der Waals surface area contributed by atoms with Crippen LogP contribution in [0.5, 0.6) is 5.75 Å². The van der Waals surface area contributed by atoms with Crippen LogP contribution in [0.25, 0.3) is 5.69 Å². The van der Waals surface area contributed by atoms with Crippen molar-refractivity contribution >= 4 is 0 Å². The molecule has 0 bridgehead atoms. The summed E-state index contributed by atoms with van der Waals surface area (Å²) in [6.45, 7) is 8.13. The summed E-state index contributed by atoms with van der Waals surface area (Å²) in [4.78, 5) is 0. The first-order valence-corrected chi connectivity index (χ1v) is 5.46. The predicted molar refractivity (Wildman–Crippen MR) is 66.4 cm³/mol. The molecule has 84 valence electrons. The molecule has 0 radical (unpaired) electrons. The molecule has 2 rings (SSSR count). The normalized spacial score (nSPS) is 10.8. The fourth-order valence-corrected chi connectivity index (χ4v) is 2.08. The summed E-state index contributed by atoms with van der Waals surface area (Å²) in [5.74, 6) is 0.365. The van der Waals surface area contributed by atoms with Crippen molar-refractivity contribution in [2.75, 3.05) is 0 Å². The third kappa shape index (κ3) is 1.60. The van der Waals surface area contributed by atoms with Crippen molar-refractivity contribution in [3.05, 3.63) is 46.8 Å². The molecule has 2 heteroatoms. The summed E-state index contributed by atoms with van der Waals surface area (Å²) in [5, 5.41) is 9.65. The van der Waals surface area contributed by atoms with Crippen LogP contribution >= 0.6 is 0 Å². The van der Waals surface area contributed by atoms with Gasteiger partial charge >= 0.3 is 0 Å². The Morgan fingerprint density at radius 2 is 1.44 bits per heavy atom. The summed E-state index contributed by atoms with van der Waals surface area (Å²) in [5.41, 5.74) is 5.57. The monoisotopic (exact) mass is 215 g/mol. The lowest BCUT2D eigenvalue weighted by Gasteiger charge is -2.14. The van der Waals surface area contributed by atoms with Gasteiger partial charge in [0.25, 0.3) is 0 Å². The Balaban J connectivity index is 2.69. The van der Waals surface area contributed by atoms with E-state index >= 15 is 0 Å². The van der Waals surface area contributed by atoms with E-state index in [-0.39, 0.29) is 0 Å². The van der Waals surface area contributed by atoms with Crippen LogP contribution in [-0.2, 0) is 0 Å². The van der Waals surface area contributed by atoms with E-state index in [1.54, 1.807) is 0 Å². The fourth-order valence-electron chi connectivity index (χ4n) is 2.08. The molecule has 1 aromatic heterocycles. The lowest BCUT2D eigenvalue weighted by atomic mass is 10.1. The van der Waals surface area contributed by atoms with Gasteiger partial charge in [0.15, 0.2) is 0 Å². The Hall–Kier alpha value is -1.70. The molecule has 1 N–H and O–H groups in total. The summed E-state index contributed by atoms with van der Waals surface area (Å²) in [6, 6.07) is 8.07. The average Bonchev–Trinajstić information content (AvgIpc) is 2.53. The molecule has 16 heavy (non-hydrogen) atoms. The Kier molecular flexibility index (Phi) is 2.50. The minimum Gasteiger partial charge on any atom is -0.508 e. The minimum atomic E-state index is 0.365. The highest BCUT2D eigenvalue weighted by Gasteiger charge is 2.08. The smallest absolute Gasteiger partial charge is 0.118 e. The van der Waals surface area contributed by atoms with Crippen molar-refractivity contribution in [3.8, 4) is 11.4 Å². The van der Waals surface area contributed by atoms with E-state index in [0.29, 0.717) is 5.75 Å². The van der Waals surface area contributed by atoms with Gasteiger partial charge in [-0.1, -0.05) is 0 Å².